The number of aromatic amines is 1. The molecule has 30 heavy (non-hydrogen) atoms. The van der Waals surface area contributed by atoms with E-state index in [1.54, 1.807) is 24.3 Å². The van der Waals surface area contributed by atoms with Crippen molar-refractivity contribution in [1.29, 1.82) is 0 Å². The molecule has 2 aliphatic rings. The Labute approximate surface area is 176 Å². The molecule has 0 atom stereocenters. The van der Waals surface area contributed by atoms with Crippen molar-refractivity contribution in [3.8, 4) is 0 Å². The zero-order valence-corrected chi connectivity index (χ0v) is 17.6. The van der Waals surface area contributed by atoms with Gasteiger partial charge in [0.05, 0.1) is 4.90 Å². The predicted molar refractivity (Wildman–Crippen MR) is 116 cm³/mol. The summed E-state index contributed by atoms with van der Waals surface area (Å²) in [7, 11) is -3.46. The normalized spacial score (nSPS) is 17.5. The second-order valence-electron chi connectivity index (χ2n) is 8.20. The largest absolute Gasteiger partial charge is 0.361 e. The number of sulfonamides is 1. The van der Waals surface area contributed by atoms with Crippen molar-refractivity contribution in [3.05, 3.63) is 65.9 Å². The van der Waals surface area contributed by atoms with Gasteiger partial charge in [-0.15, -0.1) is 0 Å². The Kier molecular flexibility index (Phi) is 4.87. The minimum Gasteiger partial charge on any atom is -0.361 e. The van der Waals surface area contributed by atoms with Gasteiger partial charge in [0.2, 0.25) is 10.0 Å². The van der Waals surface area contributed by atoms with E-state index in [1.165, 1.54) is 4.31 Å². The summed E-state index contributed by atoms with van der Waals surface area (Å²) in [5, 5.41) is 1.13. The number of nitrogens with zero attached hydrogens (tertiary/aromatic N) is 2. The summed E-state index contributed by atoms with van der Waals surface area (Å²) in [5.74, 6) is -0.0446. The third-order valence-corrected chi connectivity index (χ3v) is 7.94. The van der Waals surface area contributed by atoms with Gasteiger partial charge in [0.1, 0.15) is 0 Å². The van der Waals surface area contributed by atoms with Crippen LogP contribution in [0.2, 0.25) is 0 Å². The van der Waals surface area contributed by atoms with E-state index in [2.05, 4.69) is 11.1 Å². The lowest BCUT2D eigenvalue weighted by Crippen LogP contribution is -2.32. The second kappa shape index (κ2) is 7.56. The summed E-state index contributed by atoms with van der Waals surface area (Å²) >= 11 is 0. The fraction of sp³-hybridized carbons (Fsp3) is 0.348. The van der Waals surface area contributed by atoms with Crippen LogP contribution in [0, 0.1) is 0 Å². The molecule has 7 heteroatoms. The first-order chi connectivity index (χ1) is 14.5. The number of benzene rings is 2. The summed E-state index contributed by atoms with van der Waals surface area (Å²) in [6.45, 7) is 1.70. The maximum Gasteiger partial charge on any atom is 0.254 e. The molecule has 2 fully saturated rings. The van der Waals surface area contributed by atoms with E-state index in [-0.39, 0.29) is 16.8 Å². The van der Waals surface area contributed by atoms with Gasteiger partial charge >= 0.3 is 0 Å². The highest BCUT2D eigenvalue weighted by Crippen LogP contribution is 2.31. The number of carbonyl (C=O) groups excluding carboxylic acids is 1. The van der Waals surface area contributed by atoms with Gasteiger partial charge in [-0.3, -0.25) is 4.79 Å². The van der Waals surface area contributed by atoms with Crippen LogP contribution < -0.4 is 0 Å². The lowest BCUT2D eigenvalue weighted by atomic mass is 10.1. The van der Waals surface area contributed by atoms with Gasteiger partial charge in [0.15, 0.2) is 0 Å². The van der Waals surface area contributed by atoms with Gasteiger partial charge in [-0.2, -0.15) is 4.31 Å². The molecule has 5 rings (SSSR count). The molecular weight excluding hydrogens is 398 g/mol. The zero-order chi connectivity index (χ0) is 20.7. The Balaban J connectivity index is 1.36. The fourth-order valence-electron chi connectivity index (χ4n) is 4.16. The first-order valence-electron chi connectivity index (χ1n) is 10.5. The van der Waals surface area contributed by atoms with Crippen LogP contribution in [0.15, 0.2) is 59.6 Å². The Morgan fingerprint density at radius 1 is 1.03 bits per heavy atom. The van der Waals surface area contributed by atoms with Gasteiger partial charge < -0.3 is 9.88 Å². The zero-order valence-electron chi connectivity index (χ0n) is 16.8. The van der Waals surface area contributed by atoms with Crippen molar-refractivity contribution in [1.82, 2.24) is 14.2 Å². The minimum atomic E-state index is -3.46. The van der Waals surface area contributed by atoms with E-state index in [4.69, 9.17) is 0 Å². The number of hydrogen-bond acceptors (Lipinski definition) is 3. The highest BCUT2D eigenvalue weighted by Gasteiger charge is 2.33. The van der Waals surface area contributed by atoms with E-state index >= 15 is 0 Å². The van der Waals surface area contributed by atoms with Crippen molar-refractivity contribution < 1.29 is 13.2 Å². The number of fused-ring (bicyclic) bond motifs is 1. The van der Waals surface area contributed by atoms with E-state index in [1.807, 2.05) is 29.3 Å². The van der Waals surface area contributed by atoms with Crippen LogP contribution in [0.25, 0.3) is 10.9 Å². The highest BCUT2D eigenvalue weighted by molar-refractivity contribution is 7.89. The molecular formula is C23H25N3O3S. The van der Waals surface area contributed by atoms with Crippen molar-refractivity contribution >= 4 is 26.8 Å². The number of carbonyl (C=O) groups is 1. The topological polar surface area (TPSA) is 73.5 Å². The Morgan fingerprint density at radius 3 is 2.47 bits per heavy atom. The molecule has 1 aliphatic carbocycles. The number of rotatable bonds is 6. The molecule has 156 valence electrons. The van der Waals surface area contributed by atoms with Crippen LogP contribution in [0.4, 0.5) is 0 Å². The molecule has 1 aromatic heterocycles. The van der Waals surface area contributed by atoms with Gasteiger partial charge in [0.25, 0.3) is 5.91 Å². The van der Waals surface area contributed by atoms with Crippen molar-refractivity contribution in [3.63, 3.8) is 0 Å². The smallest absolute Gasteiger partial charge is 0.254 e. The summed E-state index contributed by atoms with van der Waals surface area (Å²) in [6.07, 6.45) is 5.75. The molecule has 2 heterocycles. The molecule has 0 bridgehead atoms. The SMILES string of the molecule is O=C(c1ccc(S(=O)(=O)N2CCCC2)cc1)N(Cc1ccc2[nH]ccc2c1)C1CC1. The van der Waals surface area contributed by atoms with Gasteiger partial charge in [-0.25, -0.2) is 8.42 Å². The molecule has 1 aliphatic heterocycles. The van der Waals surface area contributed by atoms with Crippen LogP contribution in [-0.2, 0) is 16.6 Å². The Morgan fingerprint density at radius 2 is 1.77 bits per heavy atom. The number of nitrogens with one attached hydrogen (secondary N) is 1. The predicted octanol–water partition coefficient (Wildman–Crippen LogP) is 3.76. The average Bonchev–Trinajstić information content (AvgIpc) is 3.24. The Hall–Kier alpha value is -2.64. The van der Waals surface area contributed by atoms with Crippen LogP contribution in [0.3, 0.4) is 0 Å². The molecule has 0 radical (unpaired) electrons. The number of aromatic nitrogens is 1. The van der Waals surface area contributed by atoms with Crippen molar-refractivity contribution in [2.45, 2.75) is 43.2 Å². The molecule has 1 N–H and O–H groups in total. The minimum absolute atomic E-state index is 0.0446. The maximum absolute atomic E-state index is 13.2. The van der Waals surface area contributed by atoms with Gasteiger partial charge in [-0.1, -0.05) is 6.07 Å². The third-order valence-electron chi connectivity index (χ3n) is 6.02. The summed E-state index contributed by atoms with van der Waals surface area (Å²) < 4.78 is 27.0. The second-order valence-corrected chi connectivity index (χ2v) is 10.1. The summed E-state index contributed by atoms with van der Waals surface area (Å²) in [5.41, 5.74) is 2.71. The third kappa shape index (κ3) is 3.63. The van der Waals surface area contributed by atoms with Crippen LogP contribution in [0.1, 0.15) is 41.6 Å². The van der Waals surface area contributed by atoms with E-state index < -0.39 is 10.0 Å². The van der Waals surface area contributed by atoms with Crippen molar-refractivity contribution in [2.24, 2.45) is 0 Å². The first kappa shape index (κ1) is 19.3. The van der Waals surface area contributed by atoms with Crippen LogP contribution in [-0.4, -0.2) is 47.6 Å². The monoisotopic (exact) mass is 423 g/mol. The quantitative estimate of drug-likeness (QED) is 0.656. The molecule has 1 saturated carbocycles. The lowest BCUT2D eigenvalue weighted by Gasteiger charge is -2.23. The fourth-order valence-corrected chi connectivity index (χ4v) is 5.68. The molecule has 6 nitrogen and oxygen atoms in total. The average molecular weight is 424 g/mol. The van der Waals surface area contributed by atoms with E-state index in [0.29, 0.717) is 25.2 Å². The molecule has 2 aromatic carbocycles. The van der Waals surface area contributed by atoms with E-state index in [9.17, 15) is 13.2 Å². The standard InChI is InChI=1S/C23H25N3O3S/c27-23(18-4-8-21(9-5-18)30(28,29)25-13-1-2-14-25)26(20-6-7-20)16-17-3-10-22-19(15-17)11-12-24-22/h3-5,8-12,15,20,24H,1-2,6-7,13-14,16H2. The van der Waals surface area contributed by atoms with Crippen molar-refractivity contribution in [2.75, 3.05) is 13.1 Å². The van der Waals surface area contributed by atoms with Crippen LogP contribution in [0.5, 0.6) is 0 Å². The lowest BCUT2D eigenvalue weighted by molar-refractivity contribution is 0.0730. The van der Waals surface area contributed by atoms with Gasteiger partial charge in [0, 0.05) is 43.0 Å². The summed E-state index contributed by atoms with van der Waals surface area (Å²) in [6, 6.07) is 14.9. The maximum atomic E-state index is 13.2. The molecule has 0 unspecified atom stereocenters. The Bertz CT molecular complexity index is 1170. The molecule has 1 saturated heterocycles. The highest BCUT2D eigenvalue weighted by atomic mass is 32.2. The number of hydrogen-bond donors (Lipinski definition) is 1. The number of amides is 1. The van der Waals surface area contributed by atoms with Gasteiger partial charge in [-0.05, 0) is 79.1 Å². The molecule has 3 aromatic rings. The molecule has 0 spiro atoms. The first-order valence-corrected chi connectivity index (χ1v) is 11.9. The van der Waals surface area contributed by atoms with Crippen LogP contribution >= 0.6 is 0 Å². The molecule has 1 amide bonds. The summed E-state index contributed by atoms with van der Waals surface area (Å²) in [4.78, 5) is 18.6. The van der Waals surface area contributed by atoms with E-state index in [0.717, 1.165) is 42.1 Å². The number of H-pyrrole nitrogens is 1.